The number of thioether (sulfide) groups is 1. The van der Waals surface area contributed by atoms with E-state index in [2.05, 4.69) is 11.6 Å². The first-order valence-electron chi connectivity index (χ1n) is 14.1. The first-order chi connectivity index (χ1) is 20.5. The number of carbonyl (C=O) groups is 1. The van der Waals surface area contributed by atoms with Gasteiger partial charge in [0, 0.05) is 58.8 Å². The van der Waals surface area contributed by atoms with Crippen molar-refractivity contribution in [1.82, 2.24) is 14.5 Å². The Kier molecular flexibility index (Phi) is 6.80. The van der Waals surface area contributed by atoms with Crippen LogP contribution in [-0.2, 0) is 22.3 Å². The SMILES string of the molecule is C=CC(=O)N1C2CC(C3COC3)CC1CN(c1nc(=O)n3c4c(c(-c5ccc(F)cc5F)c(C(F)(F)F)cc14)SCC3)C2. The third-order valence-corrected chi connectivity index (χ3v) is 10.2. The molecule has 3 aromatic rings. The fourth-order valence-electron chi connectivity index (χ4n) is 7.18. The number of aryl methyl sites for hydroxylation is 1. The number of fused-ring (bicyclic) bond motifs is 2. The Labute approximate surface area is 247 Å². The number of aromatic nitrogens is 2. The minimum Gasteiger partial charge on any atom is -0.381 e. The summed E-state index contributed by atoms with van der Waals surface area (Å²) in [5, 5.41) is 0.130. The molecule has 3 fully saturated rings. The molecule has 2 aromatic carbocycles. The number of piperidine rings is 1. The molecule has 0 N–H and O–H groups in total. The van der Waals surface area contributed by atoms with E-state index in [0.717, 1.165) is 30.0 Å². The van der Waals surface area contributed by atoms with Gasteiger partial charge in [-0.15, -0.1) is 11.8 Å². The fraction of sp³-hybridized carbons (Fsp3) is 0.433. The zero-order valence-electron chi connectivity index (χ0n) is 22.9. The zero-order chi connectivity index (χ0) is 30.2. The number of benzene rings is 2. The van der Waals surface area contributed by atoms with E-state index in [0.29, 0.717) is 44.0 Å². The Bertz CT molecular complexity index is 1710. The van der Waals surface area contributed by atoms with E-state index in [4.69, 9.17) is 4.74 Å². The fourth-order valence-corrected chi connectivity index (χ4v) is 8.38. The predicted octanol–water partition coefficient (Wildman–Crippen LogP) is 5.09. The predicted molar refractivity (Wildman–Crippen MR) is 151 cm³/mol. The Morgan fingerprint density at radius 3 is 2.42 bits per heavy atom. The quantitative estimate of drug-likeness (QED) is 0.300. The van der Waals surface area contributed by atoms with Crippen LogP contribution in [0.2, 0.25) is 0 Å². The molecule has 1 amide bonds. The van der Waals surface area contributed by atoms with Crippen molar-refractivity contribution in [1.29, 1.82) is 0 Å². The second-order valence-electron chi connectivity index (χ2n) is 11.6. The topological polar surface area (TPSA) is 67.7 Å². The molecule has 13 heteroatoms. The van der Waals surface area contributed by atoms with Crippen LogP contribution in [0, 0.1) is 23.5 Å². The normalized spacial score (nSPS) is 23.8. The maximum atomic E-state index is 15.0. The molecular formula is C30H27F5N4O3S. The Hall–Kier alpha value is -3.45. The van der Waals surface area contributed by atoms with Crippen LogP contribution in [0.5, 0.6) is 0 Å². The number of carbonyl (C=O) groups excluding carboxylic acids is 1. The lowest BCUT2D eigenvalue weighted by Gasteiger charge is -2.54. The number of rotatable bonds is 4. The second-order valence-corrected chi connectivity index (χ2v) is 12.7. The standard InChI is InChI=1S/C30H27F5N4O3S/c1-2-24(40)39-18-7-15(16-13-42-14-16)8-19(39)12-37(11-18)28-21-10-22(30(33,34)35)25(20-4-3-17(31)9-23(20)32)27-26(21)38(5-6-43-27)29(41)36-28/h2-4,9-10,15-16,18-19H,1,5-8,11-14H2. The molecule has 0 saturated carbocycles. The van der Waals surface area contributed by atoms with Gasteiger partial charge in [-0.3, -0.25) is 9.36 Å². The number of nitrogens with zero attached hydrogens (tertiary/aromatic N) is 4. The van der Waals surface area contributed by atoms with E-state index in [9.17, 15) is 27.2 Å². The number of anilines is 1. The molecule has 2 bridgehead atoms. The van der Waals surface area contributed by atoms with Crippen LogP contribution in [0.25, 0.3) is 22.0 Å². The summed E-state index contributed by atoms with van der Waals surface area (Å²) in [6.07, 6.45) is -2.23. The van der Waals surface area contributed by atoms with Gasteiger partial charge in [-0.1, -0.05) is 6.58 Å². The Balaban J connectivity index is 1.40. The summed E-state index contributed by atoms with van der Waals surface area (Å²) in [6, 6.07) is 2.90. The van der Waals surface area contributed by atoms with Gasteiger partial charge in [0.2, 0.25) is 5.91 Å². The van der Waals surface area contributed by atoms with E-state index in [1.165, 1.54) is 10.6 Å². The van der Waals surface area contributed by atoms with Crippen molar-refractivity contribution in [3.8, 4) is 11.1 Å². The molecule has 2 atom stereocenters. The lowest BCUT2D eigenvalue weighted by molar-refractivity contribution is -0.139. The molecule has 0 radical (unpaired) electrons. The van der Waals surface area contributed by atoms with E-state index < -0.39 is 40.2 Å². The van der Waals surface area contributed by atoms with Crippen LogP contribution in [0.4, 0.5) is 27.8 Å². The smallest absolute Gasteiger partial charge is 0.381 e. The molecule has 4 aliphatic rings. The summed E-state index contributed by atoms with van der Waals surface area (Å²) in [7, 11) is 0. The summed E-state index contributed by atoms with van der Waals surface area (Å²) in [5.41, 5.74) is -2.27. The molecule has 4 aliphatic heterocycles. The molecular weight excluding hydrogens is 591 g/mol. The van der Waals surface area contributed by atoms with Gasteiger partial charge in [-0.05, 0) is 43.0 Å². The number of amides is 1. The Morgan fingerprint density at radius 2 is 1.81 bits per heavy atom. The highest BCUT2D eigenvalue weighted by Gasteiger charge is 2.47. The van der Waals surface area contributed by atoms with Gasteiger partial charge in [0.05, 0.1) is 36.4 Å². The molecule has 5 heterocycles. The number of hydrogen-bond donors (Lipinski definition) is 0. The average Bonchev–Trinajstić information content (AvgIpc) is 2.92. The van der Waals surface area contributed by atoms with Crippen LogP contribution in [0.3, 0.4) is 0 Å². The van der Waals surface area contributed by atoms with Crippen LogP contribution in [0.15, 0.2) is 46.6 Å². The van der Waals surface area contributed by atoms with Crippen molar-refractivity contribution in [2.24, 2.45) is 11.8 Å². The number of halogens is 5. The van der Waals surface area contributed by atoms with Crippen molar-refractivity contribution in [3.05, 3.63) is 64.6 Å². The molecule has 0 aliphatic carbocycles. The van der Waals surface area contributed by atoms with Gasteiger partial charge in [-0.2, -0.15) is 18.2 Å². The van der Waals surface area contributed by atoms with Crippen molar-refractivity contribution < 1.29 is 31.5 Å². The summed E-state index contributed by atoms with van der Waals surface area (Å²) >= 11 is 1.10. The lowest BCUT2D eigenvalue weighted by Crippen LogP contribution is -2.65. The van der Waals surface area contributed by atoms with E-state index in [1.807, 2.05) is 9.80 Å². The molecule has 226 valence electrons. The van der Waals surface area contributed by atoms with Gasteiger partial charge in [0.15, 0.2) is 0 Å². The summed E-state index contributed by atoms with van der Waals surface area (Å²) in [6.45, 7) is 5.77. The molecule has 43 heavy (non-hydrogen) atoms. The molecule has 7 nitrogen and oxygen atoms in total. The highest BCUT2D eigenvalue weighted by molar-refractivity contribution is 7.99. The summed E-state index contributed by atoms with van der Waals surface area (Å²) in [4.78, 5) is 34.3. The number of piperazine rings is 1. The molecule has 1 aromatic heterocycles. The van der Waals surface area contributed by atoms with Crippen molar-refractivity contribution in [2.75, 3.05) is 37.0 Å². The first-order valence-corrected chi connectivity index (χ1v) is 15.1. The lowest BCUT2D eigenvalue weighted by atomic mass is 9.75. The van der Waals surface area contributed by atoms with Gasteiger partial charge >= 0.3 is 11.9 Å². The van der Waals surface area contributed by atoms with Crippen molar-refractivity contribution >= 4 is 34.4 Å². The first kappa shape index (κ1) is 28.3. The van der Waals surface area contributed by atoms with Crippen molar-refractivity contribution in [3.63, 3.8) is 0 Å². The van der Waals surface area contributed by atoms with Gasteiger partial charge in [-0.25, -0.2) is 13.6 Å². The highest BCUT2D eigenvalue weighted by atomic mass is 32.2. The van der Waals surface area contributed by atoms with Gasteiger partial charge in [0.1, 0.15) is 17.5 Å². The van der Waals surface area contributed by atoms with Crippen molar-refractivity contribution in [2.45, 2.75) is 42.5 Å². The molecule has 2 unspecified atom stereocenters. The third-order valence-electron chi connectivity index (χ3n) is 9.12. The zero-order valence-corrected chi connectivity index (χ0v) is 23.7. The average molecular weight is 619 g/mol. The summed E-state index contributed by atoms with van der Waals surface area (Å²) < 4.78 is 79.6. The largest absolute Gasteiger partial charge is 0.417 e. The maximum absolute atomic E-state index is 15.0. The minimum atomic E-state index is -4.89. The van der Waals surface area contributed by atoms with Gasteiger partial charge in [0.25, 0.3) is 0 Å². The minimum absolute atomic E-state index is 0.105. The third kappa shape index (κ3) is 4.62. The number of hydrogen-bond acceptors (Lipinski definition) is 6. The van der Waals surface area contributed by atoms with E-state index in [-0.39, 0.29) is 65.0 Å². The van der Waals surface area contributed by atoms with Crippen LogP contribution >= 0.6 is 11.8 Å². The van der Waals surface area contributed by atoms with Crippen LogP contribution < -0.4 is 10.6 Å². The van der Waals surface area contributed by atoms with E-state index >= 15 is 4.39 Å². The monoisotopic (exact) mass is 618 g/mol. The number of ether oxygens (including phenoxy) is 1. The van der Waals surface area contributed by atoms with Gasteiger partial charge < -0.3 is 14.5 Å². The Morgan fingerprint density at radius 1 is 1.09 bits per heavy atom. The van der Waals surface area contributed by atoms with Crippen LogP contribution in [-0.4, -0.2) is 64.5 Å². The number of alkyl halides is 3. The summed E-state index contributed by atoms with van der Waals surface area (Å²) in [5.74, 6) is -1.11. The maximum Gasteiger partial charge on any atom is 0.417 e. The molecule has 7 rings (SSSR count). The molecule has 0 spiro atoms. The second kappa shape index (κ2) is 10.3. The van der Waals surface area contributed by atoms with E-state index in [1.54, 1.807) is 0 Å². The molecule has 3 saturated heterocycles. The highest BCUT2D eigenvalue weighted by Crippen LogP contribution is 2.49. The van der Waals surface area contributed by atoms with Crippen LogP contribution in [0.1, 0.15) is 18.4 Å².